The van der Waals surface area contributed by atoms with Crippen molar-refractivity contribution < 1.29 is 19.4 Å². The summed E-state index contributed by atoms with van der Waals surface area (Å²) in [7, 11) is 0. The Hall–Kier alpha value is -3.08. The molecule has 1 amide bonds. The zero-order valence-corrected chi connectivity index (χ0v) is 16.4. The van der Waals surface area contributed by atoms with Crippen LogP contribution in [0.1, 0.15) is 43.0 Å². The minimum atomic E-state index is -0.648. The van der Waals surface area contributed by atoms with Crippen molar-refractivity contribution in [1.29, 1.82) is 0 Å². The van der Waals surface area contributed by atoms with Crippen molar-refractivity contribution in [3.05, 3.63) is 70.8 Å². The predicted octanol–water partition coefficient (Wildman–Crippen LogP) is 4.23. The number of likely N-dealkylation sites (tertiary alicyclic amines) is 1. The van der Waals surface area contributed by atoms with Crippen LogP contribution in [-0.4, -0.2) is 34.8 Å². The number of benzene rings is 2. The molecule has 0 aromatic heterocycles. The van der Waals surface area contributed by atoms with Crippen LogP contribution >= 0.6 is 0 Å². The van der Waals surface area contributed by atoms with E-state index in [1.165, 1.54) is 4.90 Å². The van der Waals surface area contributed by atoms with Gasteiger partial charge in [0.1, 0.15) is 11.5 Å². The second-order valence-electron chi connectivity index (χ2n) is 6.86. The number of amides is 1. The fraction of sp³-hybridized carbons (Fsp3) is 0.304. The number of carbonyl (C=O) groups is 2. The third kappa shape index (κ3) is 3.65. The highest BCUT2D eigenvalue weighted by molar-refractivity contribution is 6.46. The normalized spacial score (nSPS) is 18.5. The van der Waals surface area contributed by atoms with Crippen molar-refractivity contribution in [3.8, 4) is 5.75 Å². The maximum atomic E-state index is 12.8. The summed E-state index contributed by atoms with van der Waals surface area (Å²) in [5, 5.41) is 10.9. The number of ketones is 1. The maximum absolute atomic E-state index is 12.8. The van der Waals surface area contributed by atoms with Crippen molar-refractivity contribution in [2.24, 2.45) is 0 Å². The topological polar surface area (TPSA) is 66.8 Å². The molecule has 0 radical (unpaired) electrons. The molecular formula is C23H25NO4. The Kier molecular flexibility index (Phi) is 5.83. The molecule has 1 N–H and O–H groups in total. The van der Waals surface area contributed by atoms with E-state index < -0.39 is 17.7 Å². The highest BCUT2D eigenvalue weighted by Gasteiger charge is 2.45. The van der Waals surface area contributed by atoms with E-state index in [4.69, 9.17) is 4.74 Å². The molecule has 1 aliphatic heterocycles. The molecule has 1 aliphatic rings. The fourth-order valence-electron chi connectivity index (χ4n) is 3.48. The van der Waals surface area contributed by atoms with Crippen LogP contribution in [-0.2, 0) is 9.59 Å². The zero-order valence-electron chi connectivity index (χ0n) is 16.4. The molecule has 5 nitrogen and oxygen atoms in total. The first kappa shape index (κ1) is 19.7. The summed E-state index contributed by atoms with van der Waals surface area (Å²) in [5.41, 5.74) is 2.47. The smallest absolute Gasteiger partial charge is 0.295 e. The lowest BCUT2D eigenvalue weighted by Gasteiger charge is -2.25. The van der Waals surface area contributed by atoms with Gasteiger partial charge in [0.15, 0.2) is 0 Å². The molecule has 1 atom stereocenters. The molecule has 5 heteroatoms. The summed E-state index contributed by atoms with van der Waals surface area (Å²) < 4.78 is 5.49. The average molecular weight is 379 g/mol. The Labute approximate surface area is 165 Å². The Bertz CT molecular complexity index is 897. The van der Waals surface area contributed by atoms with Crippen LogP contribution in [0, 0.1) is 6.92 Å². The van der Waals surface area contributed by atoms with E-state index in [0.717, 1.165) is 16.9 Å². The number of aliphatic hydroxyl groups excluding tert-OH is 1. The summed E-state index contributed by atoms with van der Waals surface area (Å²) in [4.78, 5) is 27.0. The molecule has 3 rings (SSSR count). The second kappa shape index (κ2) is 8.30. The maximum Gasteiger partial charge on any atom is 0.295 e. The van der Waals surface area contributed by atoms with E-state index in [1.807, 2.05) is 57.2 Å². The van der Waals surface area contributed by atoms with Crippen LogP contribution < -0.4 is 4.74 Å². The summed E-state index contributed by atoms with van der Waals surface area (Å²) >= 11 is 0. The van der Waals surface area contributed by atoms with Crippen LogP contribution in [0.2, 0.25) is 0 Å². The number of aryl methyl sites for hydroxylation is 1. The van der Waals surface area contributed by atoms with Crippen molar-refractivity contribution in [2.45, 2.75) is 33.2 Å². The molecule has 28 heavy (non-hydrogen) atoms. The van der Waals surface area contributed by atoms with Gasteiger partial charge in [-0.15, -0.1) is 0 Å². The van der Waals surface area contributed by atoms with Gasteiger partial charge in [0, 0.05) is 12.1 Å². The molecule has 0 saturated carbocycles. The first-order valence-corrected chi connectivity index (χ1v) is 9.56. The first-order valence-electron chi connectivity index (χ1n) is 9.56. The second-order valence-corrected chi connectivity index (χ2v) is 6.86. The van der Waals surface area contributed by atoms with Gasteiger partial charge in [-0.05, 0) is 38.0 Å². The van der Waals surface area contributed by atoms with Gasteiger partial charge in [0.2, 0.25) is 0 Å². The van der Waals surface area contributed by atoms with E-state index in [-0.39, 0.29) is 11.3 Å². The number of hydrogen-bond donors (Lipinski definition) is 1. The number of rotatable bonds is 6. The summed E-state index contributed by atoms with van der Waals surface area (Å²) in [6, 6.07) is 13.9. The molecule has 2 aromatic rings. The molecule has 1 fully saturated rings. The lowest BCUT2D eigenvalue weighted by Crippen LogP contribution is -2.30. The SMILES string of the molecule is CCCN1C(=O)C(=O)/C(=C(\O)c2ccc(C)cc2)C1c1ccc(OCC)cc1. The van der Waals surface area contributed by atoms with Crippen LogP contribution in [0.5, 0.6) is 5.75 Å². The van der Waals surface area contributed by atoms with Crippen molar-refractivity contribution in [1.82, 2.24) is 4.90 Å². The highest BCUT2D eigenvalue weighted by atomic mass is 16.5. The third-order valence-corrected chi connectivity index (χ3v) is 4.84. The molecule has 1 saturated heterocycles. The van der Waals surface area contributed by atoms with Gasteiger partial charge in [-0.1, -0.05) is 48.9 Å². The van der Waals surface area contributed by atoms with E-state index in [0.29, 0.717) is 25.1 Å². The number of ether oxygens (including phenoxy) is 1. The van der Waals surface area contributed by atoms with Gasteiger partial charge < -0.3 is 14.7 Å². The van der Waals surface area contributed by atoms with Gasteiger partial charge in [0.05, 0.1) is 18.2 Å². The van der Waals surface area contributed by atoms with Crippen LogP contribution in [0.3, 0.4) is 0 Å². The summed E-state index contributed by atoms with van der Waals surface area (Å²) in [5.74, 6) is -0.645. The molecule has 0 aliphatic carbocycles. The van der Waals surface area contributed by atoms with E-state index in [2.05, 4.69) is 0 Å². The van der Waals surface area contributed by atoms with Crippen LogP contribution in [0.15, 0.2) is 54.1 Å². The molecule has 146 valence electrons. The number of nitrogens with zero attached hydrogens (tertiary/aromatic N) is 1. The van der Waals surface area contributed by atoms with Gasteiger partial charge in [-0.3, -0.25) is 9.59 Å². The number of aliphatic hydroxyl groups is 1. The van der Waals surface area contributed by atoms with Gasteiger partial charge >= 0.3 is 0 Å². The number of hydrogen-bond acceptors (Lipinski definition) is 4. The monoisotopic (exact) mass is 379 g/mol. The van der Waals surface area contributed by atoms with E-state index in [1.54, 1.807) is 12.1 Å². The van der Waals surface area contributed by atoms with Crippen LogP contribution in [0.4, 0.5) is 0 Å². The standard InChI is InChI=1S/C23H25NO4/c1-4-14-24-20(16-10-12-18(13-11-16)28-5-2)19(22(26)23(24)27)21(25)17-8-6-15(3)7-9-17/h6-13,20,25H,4-5,14H2,1-3H3/b21-19-. The van der Waals surface area contributed by atoms with Crippen molar-refractivity contribution in [3.63, 3.8) is 0 Å². The molecule has 2 aromatic carbocycles. The minimum absolute atomic E-state index is 0.131. The number of carbonyl (C=O) groups excluding carboxylic acids is 2. The minimum Gasteiger partial charge on any atom is -0.507 e. The van der Waals surface area contributed by atoms with Crippen molar-refractivity contribution >= 4 is 17.4 Å². The van der Waals surface area contributed by atoms with Gasteiger partial charge in [0.25, 0.3) is 11.7 Å². The van der Waals surface area contributed by atoms with Crippen LogP contribution in [0.25, 0.3) is 5.76 Å². The average Bonchev–Trinajstić information content (AvgIpc) is 2.94. The quantitative estimate of drug-likeness (QED) is 0.463. The Morgan fingerprint density at radius 2 is 1.68 bits per heavy atom. The molecule has 1 heterocycles. The predicted molar refractivity (Wildman–Crippen MR) is 108 cm³/mol. The molecule has 0 bridgehead atoms. The van der Waals surface area contributed by atoms with E-state index in [9.17, 15) is 14.7 Å². The first-order chi connectivity index (χ1) is 13.5. The Balaban J connectivity index is 2.11. The fourth-order valence-corrected chi connectivity index (χ4v) is 3.48. The van der Waals surface area contributed by atoms with E-state index >= 15 is 0 Å². The van der Waals surface area contributed by atoms with Gasteiger partial charge in [-0.25, -0.2) is 0 Å². The Morgan fingerprint density at radius 3 is 2.25 bits per heavy atom. The molecule has 0 spiro atoms. The molecule has 1 unspecified atom stereocenters. The van der Waals surface area contributed by atoms with Crippen molar-refractivity contribution in [2.75, 3.05) is 13.2 Å². The lowest BCUT2D eigenvalue weighted by atomic mass is 9.95. The summed E-state index contributed by atoms with van der Waals surface area (Å²) in [6.07, 6.45) is 0.713. The third-order valence-electron chi connectivity index (χ3n) is 4.84. The Morgan fingerprint density at radius 1 is 1.04 bits per heavy atom. The number of Topliss-reactive ketones (excluding diaryl/α,β-unsaturated/α-hetero) is 1. The zero-order chi connectivity index (χ0) is 20.3. The summed E-state index contributed by atoms with van der Waals surface area (Å²) in [6.45, 7) is 6.80. The van der Waals surface area contributed by atoms with Gasteiger partial charge in [-0.2, -0.15) is 0 Å². The molecular weight excluding hydrogens is 354 g/mol. The highest BCUT2D eigenvalue weighted by Crippen LogP contribution is 2.39. The lowest BCUT2D eigenvalue weighted by molar-refractivity contribution is -0.139. The largest absolute Gasteiger partial charge is 0.507 e.